The summed E-state index contributed by atoms with van der Waals surface area (Å²) in [6.07, 6.45) is -5.67. The van der Waals surface area contributed by atoms with Crippen molar-refractivity contribution in [3.8, 4) is 0 Å². The van der Waals surface area contributed by atoms with Crippen molar-refractivity contribution in [2.75, 3.05) is 0 Å². The summed E-state index contributed by atoms with van der Waals surface area (Å²) < 4.78 is 134. The van der Waals surface area contributed by atoms with Gasteiger partial charge >= 0.3 is 18.1 Å². The van der Waals surface area contributed by atoms with Gasteiger partial charge in [-0.1, -0.05) is 31.5 Å². The molecule has 30 heavy (non-hydrogen) atoms. The normalized spacial score (nSPS) is 21.6. The van der Waals surface area contributed by atoms with Crippen LogP contribution in [0, 0.1) is 46.3 Å². The van der Waals surface area contributed by atoms with Crippen molar-refractivity contribution in [1.82, 2.24) is 0 Å². The molecular formula is C17H11ClF10O2. The maximum absolute atomic E-state index is 13.6. The predicted molar refractivity (Wildman–Crippen MR) is 81.7 cm³/mol. The lowest BCUT2D eigenvalue weighted by Gasteiger charge is -2.18. The van der Waals surface area contributed by atoms with Gasteiger partial charge in [-0.15, -0.1) is 0 Å². The molecule has 1 aliphatic carbocycles. The molecule has 0 bridgehead atoms. The summed E-state index contributed by atoms with van der Waals surface area (Å²) >= 11 is 5.07. The van der Waals surface area contributed by atoms with E-state index in [0.717, 1.165) is 0 Å². The fourth-order valence-corrected chi connectivity index (χ4v) is 3.09. The highest BCUT2D eigenvalue weighted by atomic mass is 35.5. The summed E-state index contributed by atoms with van der Waals surface area (Å²) in [6.45, 7) is 1.18. The fraction of sp³-hybridized carbons (Fsp3) is 0.471. The van der Waals surface area contributed by atoms with Crippen LogP contribution in [0.1, 0.15) is 19.4 Å². The van der Waals surface area contributed by atoms with Crippen molar-refractivity contribution in [2.24, 2.45) is 17.3 Å². The lowest BCUT2D eigenvalue weighted by Crippen LogP contribution is -2.36. The minimum absolute atomic E-state index is 0.319. The van der Waals surface area contributed by atoms with Gasteiger partial charge in [0.15, 0.2) is 23.3 Å². The maximum atomic E-state index is 13.6. The Labute approximate surface area is 167 Å². The minimum Gasteiger partial charge on any atom is -0.460 e. The number of carbonyl (C=O) groups is 1. The van der Waals surface area contributed by atoms with Gasteiger partial charge in [0, 0.05) is 0 Å². The number of carbonyl (C=O) groups excluding carboxylic acids is 1. The van der Waals surface area contributed by atoms with Crippen molar-refractivity contribution < 1.29 is 53.4 Å². The fourth-order valence-electron chi connectivity index (χ4n) is 2.85. The van der Waals surface area contributed by atoms with Crippen LogP contribution in [0.3, 0.4) is 0 Å². The monoisotopic (exact) mass is 472 g/mol. The zero-order valence-electron chi connectivity index (χ0n) is 14.9. The highest BCUT2D eigenvalue weighted by Crippen LogP contribution is 2.61. The smallest absolute Gasteiger partial charge is 0.459 e. The second-order valence-corrected chi connectivity index (χ2v) is 7.47. The quantitative estimate of drug-likeness (QED) is 0.227. The summed E-state index contributed by atoms with van der Waals surface area (Å²) in [5, 5.41) is -1.89. The van der Waals surface area contributed by atoms with Crippen LogP contribution in [0.2, 0.25) is 0 Å². The van der Waals surface area contributed by atoms with Gasteiger partial charge < -0.3 is 4.74 Å². The first-order valence-corrected chi connectivity index (χ1v) is 8.33. The molecule has 0 unspecified atom stereocenters. The molecule has 2 nitrogen and oxygen atoms in total. The Kier molecular flexibility index (Phi) is 6.16. The van der Waals surface area contributed by atoms with Gasteiger partial charge in [0.05, 0.1) is 16.5 Å². The Bertz CT molecular complexity index is 878. The molecule has 168 valence electrons. The summed E-state index contributed by atoms with van der Waals surface area (Å²) in [5.41, 5.74) is -2.68. The molecule has 0 radical (unpaired) electrons. The van der Waals surface area contributed by atoms with E-state index in [4.69, 9.17) is 11.6 Å². The van der Waals surface area contributed by atoms with Crippen LogP contribution < -0.4 is 0 Å². The Hall–Kier alpha value is -1.98. The third kappa shape index (κ3) is 3.97. The zero-order valence-corrected chi connectivity index (χ0v) is 15.7. The third-order valence-corrected chi connectivity index (χ3v) is 5.17. The van der Waals surface area contributed by atoms with Crippen LogP contribution in [-0.4, -0.2) is 18.1 Å². The lowest BCUT2D eigenvalue weighted by molar-refractivity contribution is -0.261. The number of alkyl halides is 5. The highest BCUT2D eigenvalue weighted by Gasteiger charge is 2.65. The van der Waals surface area contributed by atoms with Gasteiger partial charge in [-0.05, 0) is 11.3 Å². The number of halogens is 11. The molecule has 2 rings (SSSR count). The molecule has 0 N–H and O–H groups in total. The van der Waals surface area contributed by atoms with E-state index in [9.17, 15) is 48.7 Å². The van der Waals surface area contributed by atoms with Gasteiger partial charge in [-0.3, -0.25) is 4.79 Å². The summed E-state index contributed by atoms with van der Waals surface area (Å²) in [4.78, 5) is 12.1. The highest BCUT2D eigenvalue weighted by molar-refractivity contribution is 6.30. The number of hydrogen-bond acceptors (Lipinski definition) is 2. The molecular weight excluding hydrogens is 462 g/mol. The Morgan fingerprint density at radius 3 is 1.83 bits per heavy atom. The van der Waals surface area contributed by atoms with Crippen LogP contribution >= 0.6 is 11.6 Å². The molecule has 1 fully saturated rings. The second kappa shape index (κ2) is 7.61. The van der Waals surface area contributed by atoms with Gasteiger partial charge in [-0.2, -0.15) is 22.0 Å². The van der Waals surface area contributed by atoms with E-state index in [1.165, 1.54) is 13.8 Å². The van der Waals surface area contributed by atoms with Crippen LogP contribution in [0.4, 0.5) is 43.9 Å². The molecule has 0 aromatic heterocycles. The molecule has 1 aromatic carbocycles. The van der Waals surface area contributed by atoms with Gasteiger partial charge in [0.2, 0.25) is 5.82 Å². The second-order valence-electron chi connectivity index (χ2n) is 7.07. The van der Waals surface area contributed by atoms with Crippen molar-refractivity contribution in [3.63, 3.8) is 0 Å². The largest absolute Gasteiger partial charge is 0.460 e. The molecule has 1 aliphatic rings. The van der Waals surface area contributed by atoms with Gasteiger partial charge in [0.25, 0.3) is 0 Å². The average molecular weight is 473 g/mol. The molecule has 0 spiro atoms. The molecule has 0 aliphatic heterocycles. The van der Waals surface area contributed by atoms with E-state index < -0.39 is 81.6 Å². The third-order valence-electron chi connectivity index (χ3n) is 4.81. The molecule has 1 saturated carbocycles. The van der Waals surface area contributed by atoms with Crippen LogP contribution in [0.25, 0.3) is 0 Å². The van der Waals surface area contributed by atoms with E-state index in [0.29, 0.717) is 6.08 Å². The number of ether oxygens (including phenoxy) is 1. The van der Waals surface area contributed by atoms with Crippen LogP contribution in [0.5, 0.6) is 0 Å². The Morgan fingerprint density at radius 2 is 1.40 bits per heavy atom. The van der Waals surface area contributed by atoms with Crippen molar-refractivity contribution >= 4 is 17.6 Å². The molecule has 1 aromatic rings. The topological polar surface area (TPSA) is 26.3 Å². The zero-order chi connectivity index (χ0) is 23.4. The number of benzene rings is 1. The summed E-state index contributed by atoms with van der Waals surface area (Å²) in [7, 11) is 0. The maximum Gasteiger partial charge on any atom is 0.459 e. The van der Waals surface area contributed by atoms with E-state index in [2.05, 4.69) is 4.74 Å². The number of rotatable bonds is 5. The minimum atomic E-state index is -5.98. The van der Waals surface area contributed by atoms with E-state index in [-0.39, 0.29) is 0 Å². The summed E-state index contributed by atoms with van der Waals surface area (Å²) in [5.74, 6) is -20.7. The van der Waals surface area contributed by atoms with E-state index in [1.807, 2.05) is 0 Å². The first-order valence-electron chi connectivity index (χ1n) is 7.95. The predicted octanol–water partition coefficient (Wildman–Crippen LogP) is 6.02. The average Bonchev–Trinajstić information content (AvgIpc) is 3.17. The van der Waals surface area contributed by atoms with Gasteiger partial charge in [-0.25, -0.2) is 22.0 Å². The number of esters is 1. The van der Waals surface area contributed by atoms with Crippen LogP contribution in [-0.2, 0) is 16.1 Å². The Morgan fingerprint density at radius 1 is 0.967 bits per heavy atom. The standard InChI is InChI=1S/C17H11ClF10O2/c1-15(2)6(3-7(18)16(24,25)17(26,27)28)8(15)14(29)30-4-5-9(19)11(21)13(23)12(22)10(5)20/h3,6,8H,4H2,1-2H3/t6-,8+/m0/s1. The van der Waals surface area contributed by atoms with Gasteiger partial charge in [0.1, 0.15) is 6.61 Å². The lowest BCUT2D eigenvalue weighted by atomic mass is 10.1. The van der Waals surface area contributed by atoms with Crippen molar-refractivity contribution in [2.45, 2.75) is 32.6 Å². The SMILES string of the molecule is CC1(C)[C@@H](C=C(Cl)C(F)(F)C(F)(F)F)[C@@H]1C(=O)OCc1c(F)c(F)c(F)c(F)c1F. The molecule has 0 heterocycles. The first-order chi connectivity index (χ1) is 13.5. The number of allylic oxidation sites excluding steroid dienone is 2. The Balaban J connectivity index is 2.19. The van der Waals surface area contributed by atoms with E-state index >= 15 is 0 Å². The first kappa shape index (κ1) is 24.3. The number of hydrogen-bond donors (Lipinski definition) is 0. The molecule has 2 atom stereocenters. The van der Waals surface area contributed by atoms with Crippen LogP contribution in [0.15, 0.2) is 11.1 Å². The van der Waals surface area contributed by atoms with Crippen molar-refractivity contribution in [3.05, 3.63) is 45.8 Å². The molecule has 0 saturated heterocycles. The van der Waals surface area contributed by atoms with E-state index in [1.54, 1.807) is 0 Å². The molecule has 13 heteroatoms. The van der Waals surface area contributed by atoms with Crippen molar-refractivity contribution in [1.29, 1.82) is 0 Å². The summed E-state index contributed by atoms with van der Waals surface area (Å²) in [6, 6.07) is 0. The molecule has 0 amide bonds.